The fourth-order valence-electron chi connectivity index (χ4n) is 3.75. The minimum Gasteiger partial charge on any atom is -0.355 e. The largest absolute Gasteiger partial charge is 0.355 e. The van der Waals surface area contributed by atoms with Gasteiger partial charge in [0.2, 0.25) is 0 Å². The van der Waals surface area contributed by atoms with Gasteiger partial charge in [0.1, 0.15) is 5.82 Å². The lowest BCUT2D eigenvalue weighted by molar-refractivity contribution is 0.249. The van der Waals surface area contributed by atoms with E-state index in [1.165, 1.54) is 0 Å². The van der Waals surface area contributed by atoms with E-state index in [1.54, 1.807) is 0 Å². The van der Waals surface area contributed by atoms with E-state index in [9.17, 15) is 0 Å². The van der Waals surface area contributed by atoms with Gasteiger partial charge in [-0.3, -0.25) is 4.98 Å². The van der Waals surface area contributed by atoms with Crippen molar-refractivity contribution < 1.29 is 0 Å². The van der Waals surface area contributed by atoms with Gasteiger partial charge in [0.05, 0.1) is 17.6 Å². The SMILES string of the molecule is CN(C)C1CCN(c2cnc(-c3ccccc3)c(-c3ccccc3)n2)CC1. The summed E-state index contributed by atoms with van der Waals surface area (Å²) in [6, 6.07) is 21.3. The summed E-state index contributed by atoms with van der Waals surface area (Å²) in [5.41, 5.74) is 4.10. The van der Waals surface area contributed by atoms with Gasteiger partial charge in [0.25, 0.3) is 0 Å². The summed E-state index contributed by atoms with van der Waals surface area (Å²) in [6.07, 6.45) is 4.26. The summed E-state index contributed by atoms with van der Waals surface area (Å²) in [4.78, 5) is 14.6. The predicted molar refractivity (Wildman–Crippen MR) is 112 cm³/mol. The van der Waals surface area contributed by atoms with Gasteiger partial charge >= 0.3 is 0 Å². The maximum Gasteiger partial charge on any atom is 0.147 e. The molecular formula is C23H26N4. The highest BCUT2D eigenvalue weighted by Gasteiger charge is 2.22. The Morgan fingerprint density at radius 2 is 1.37 bits per heavy atom. The highest BCUT2D eigenvalue weighted by atomic mass is 15.2. The average molecular weight is 358 g/mol. The Morgan fingerprint density at radius 3 is 1.93 bits per heavy atom. The number of hydrogen-bond acceptors (Lipinski definition) is 4. The number of hydrogen-bond donors (Lipinski definition) is 0. The molecule has 1 fully saturated rings. The quantitative estimate of drug-likeness (QED) is 0.694. The standard InChI is InChI=1S/C23H26N4/c1-26(2)20-13-15-27(16-14-20)21-17-24-22(18-9-5-3-6-10-18)23(25-21)19-11-7-4-8-12-19/h3-12,17,20H,13-16H2,1-2H3. The van der Waals surface area contributed by atoms with Crippen molar-refractivity contribution in [1.82, 2.24) is 14.9 Å². The molecule has 0 radical (unpaired) electrons. The van der Waals surface area contributed by atoms with Crippen LogP contribution in [-0.2, 0) is 0 Å². The Morgan fingerprint density at radius 1 is 0.815 bits per heavy atom. The molecule has 1 aliphatic heterocycles. The van der Waals surface area contributed by atoms with Crippen LogP contribution in [0.25, 0.3) is 22.5 Å². The molecule has 0 atom stereocenters. The van der Waals surface area contributed by atoms with E-state index >= 15 is 0 Å². The van der Waals surface area contributed by atoms with Crippen molar-refractivity contribution in [3.05, 3.63) is 66.9 Å². The van der Waals surface area contributed by atoms with Gasteiger partial charge in [-0.15, -0.1) is 0 Å². The molecule has 0 spiro atoms. The lowest BCUT2D eigenvalue weighted by atomic mass is 10.0. The van der Waals surface area contributed by atoms with Crippen LogP contribution in [-0.4, -0.2) is 48.1 Å². The highest BCUT2D eigenvalue weighted by molar-refractivity contribution is 5.78. The van der Waals surface area contributed by atoms with Gasteiger partial charge in [0.15, 0.2) is 0 Å². The van der Waals surface area contributed by atoms with E-state index in [4.69, 9.17) is 9.97 Å². The fraction of sp³-hybridized carbons (Fsp3) is 0.304. The van der Waals surface area contributed by atoms with Crippen LogP contribution in [0.2, 0.25) is 0 Å². The maximum absolute atomic E-state index is 5.06. The Kier molecular flexibility index (Phi) is 5.16. The van der Waals surface area contributed by atoms with E-state index < -0.39 is 0 Å². The maximum atomic E-state index is 5.06. The first kappa shape index (κ1) is 17.7. The first-order valence-electron chi connectivity index (χ1n) is 9.61. The third-order valence-electron chi connectivity index (χ3n) is 5.37. The summed E-state index contributed by atoms with van der Waals surface area (Å²) in [5, 5.41) is 0. The number of aromatic nitrogens is 2. The van der Waals surface area contributed by atoms with Gasteiger partial charge in [-0.25, -0.2) is 4.98 Å². The first-order valence-corrected chi connectivity index (χ1v) is 9.61. The van der Waals surface area contributed by atoms with Gasteiger partial charge in [0, 0.05) is 30.3 Å². The van der Waals surface area contributed by atoms with Crippen molar-refractivity contribution in [3.8, 4) is 22.5 Å². The molecule has 138 valence electrons. The molecular weight excluding hydrogens is 332 g/mol. The predicted octanol–water partition coefficient (Wildman–Crippen LogP) is 4.34. The number of rotatable bonds is 4. The molecule has 0 aliphatic carbocycles. The highest BCUT2D eigenvalue weighted by Crippen LogP contribution is 2.31. The van der Waals surface area contributed by atoms with Crippen LogP contribution >= 0.6 is 0 Å². The van der Waals surface area contributed by atoms with Crippen LogP contribution in [0.5, 0.6) is 0 Å². The summed E-state index contributed by atoms with van der Waals surface area (Å²) in [5.74, 6) is 0.978. The second-order valence-electron chi connectivity index (χ2n) is 7.34. The summed E-state index contributed by atoms with van der Waals surface area (Å²) in [6.45, 7) is 2.05. The van der Waals surface area contributed by atoms with Crippen LogP contribution in [0.3, 0.4) is 0 Å². The van der Waals surface area contributed by atoms with Crippen molar-refractivity contribution in [1.29, 1.82) is 0 Å². The second kappa shape index (κ2) is 7.89. The van der Waals surface area contributed by atoms with Gasteiger partial charge in [-0.05, 0) is 26.9 Å². The third-order valence-corrected chi connectivity index (χ3v) is 5.37. The van der Waals surface area contributed by atoms with Crippen LogP contribution in [0.4, 0.5) is 5.82 Å². The van der Waals surface area contributed by atoms with Crippen molar-refractivity contribution in [2.75, 3.05) is 32.1 Å². The molecule has 1 saturated heterocycles. The minimum atomic E-state index is 0.659. The summed E-state index contributed by atoms with van der Waals surface area (Å²) in [7, 11) is 4.34. The zero-order chi connectivity index (χ0) is 18.6. The minimum absolute atomic E-state index is 0.659. The van der Waals surface area contributed by atoms with Crippen LogP contribution < -0.4 is 4.90 Å². The molecule has 1 aliphatic rings. The van der Waals surface area contributed by atoms with Gasteiger partial charge in [-0.1, -0.05) is 60.7 Å². The molecule has 0 amide bonds. The van der Waals surface area contributed by atoms with Crippen LogP contribution in [0, 0.1) is 0 Å². The zero-order valence-corrected chi connectivity index (χ0v) is 16.0. The molecule has 0 saturated carbocycles. The molecule has 4 nitrogen and oxygen atoms in total. The summed E-state index contributed by atoms with van der Waals surface area (Å²) < 4.78 is 0. The Balaban J connectivity index is 1.70. The topological polar surface area (TPSA) is 32.3 Å². The van der Waals surface area contributed by atoms with E-state index in [-0.39, 0.29) is 0 Å². The monoisotopic (exact) mass is 358 g/mol. The molecule has 0 bridgehead atoms. The van der Waals surface area contributed by atoms with Crippen molar-refractivity contribution in [3.63, 3.8) is 0 Å². The zero-order valence-electron chi connectivity index (χ0n) is 16.0. The third kappa shape index (κ3) is 3.86. The van der Waals surface area contributed by atoms with Gasteiger partial charge < -0.3 is 9.80 Å². The first-order chi connectivity index (χ1) is 13.2. The fourth-order valence-corrected chi connectivity index (χ4v) is 3.75. The molecule has 4 heteroatoms. The number of piperidine rings is 1. The Labute approximate surface area is 161 Å². The molecule has 1 aromatic heterocycles. The molecule has 2 heterocycles. The molecule has 3 aromatic rings. The van der Waals surface area contributed by atoms with Gasteiger partial charge in [-0.2, -0.15) is 0 Å². The number of anilines is 1. The molecule has 2 aromatic carbocycles. The van der Waals surface area contributed by atoms with Crippen molar-refractivity contribution >= 4 is 5.82 Å². The lowest BCUT2D eigenvalue weighted by Crippen LogP contribution is -2.42. The van der Waals surface area contributed by atoms with E-state index in [2.05, 4.69) is 60.3 Å². The molecule has 4 rings (SSSR count). The molecule has 0 unspecified atom stereocenters. The van der Waals surface area contributed by atoms with E-state index in [0.717, 1.165) is 54.3 Å². The number of benzene rings is 2. The second-order valence-corrected chi connectivity index (χ2v) is 7.34. The van der Waals surface area contributed by atoms with E-state index in [1.807, 2.05) is 30.5 Å². The Bertz CT molecular complexity index is 869. The molecule has 0 N–H and O–H groups in total. The average Bonchev–Trinajstić information content (AvgIpc) is 2.74. The summed E-state index contributed by atoms with van der Waals surface area (Å²) >= 11 is 0. The lowest BCUT2D eigenvalue weighted by Gasteiger charge is -2.35. The van der Waals surface area contributed by atoms with Crippen LogP contribution in [0.1, 0.15) is 12.8 Å². The normalized spacial score (nSPS) is 15.3. The van der Waals surface area contributed by atoms with Crippen molar-refractivity contribution in [2.45, 2.75) is 18.9 Å². The molecule has 27 heavy (non-hydrogen) atoms. The smallest absolute Gasteiger partial charge is 0.147 e. The van der Waals surface area contributed by atoms with Crippen LogP contribution in [0.15, 0.2) is 66.9 Å². The van der Waals surface area contributed by atoms with E-state index in [0.29, 0.717) is 6.04 Å². The Hall–Kier alpha value is -2.72. The van der Waals surface area contributed by atoms with Crippen molar-refractivity contribution in [2.24, 2.45) is 0 Å². The number of nitrogens with zero attached hydrogens (tertiary/aromatic N) is 4.